The second-order valence-corrected chi connectivity index (χ2v) is 6.26. The van der Waals surface area contributed by atoms with Crippen LogP contribution in [0.25, 0.3) is 0 Å². The van der Waals surface area contributed by atoms with Crippen LogP contribution in [-0.4, -0.2) is 17.4 Å². The molecule has 0 spiro atoms. The normalized spacial score (nSPS) is 12.6. The van der Waals surface area contributed by atoms with Crippen molar-refractivity contribution >= 4 is 23.4 Å². The Morgan fingerprint density at radius 1 is 1.35 bits per heavy atom. The van der Waals surface area contributed by atoms with Crippen LogP contribution in [-0.2, 0) is 6.42 Å². The molecule has 0 aliphatic carbocycles. The van der Waals surface area contributed by atoms with Crippen molar-refractivity contribution in [2.75, 3.05) is 17.4 Å². The average Bonchev–Trinajstić information content (AvgIpc) is 2.33. The Kier molecular flexibility index (Phi) is 7.79. The minimum Gasteiger partial charge on any atom is -0.162 e. The number of aryl methyl sites for hydroxylation is 1. The molecule has 0 amide bonds. The van der Waals surface area contributed by atoms with E-state index in [1.807, 2.05) is 11.8 Å². The third-order valence-corrected chi connectivity index (χ3v) is 4.35. The number of rotatable bonds is 8. The molecule has 0 aliphatic heterocycles. The van der Waals surface area contributed by atoms with E-state index in [1.165, 1.54) is 35.5 Å². The summed E-state index contributed by atoms with van der Waals surface area (Å²) in [6, 6.07) is 8.79. The van der Waals surface area contributed by atoms with E-state index in [1.54, 1.807) is 0 Å². The highest BCUT2D eigenvalue weighted by Gasteiger charge is 2.08. The lowest BCUT2D eigenvalue weighted by atomic mass is 9.96. The molecule has 1 rings (SSSR count). The van der Waals surface area contributed by atoms with Crippen LogP contribution < -0.4 is 0 Å². The molecule has 0 heterocycles. The van der Waals surface area contributed by atoms with Gasteiger partial charge in [-0.15, -0.1) is 11.6 Å². The number of benzene rings is 1. The first-order valence-corrected chi connectivity index (χ1v) is 8.14. The smallest absolute Gasteiger partial charge is 0.0254 e. The van der Waals surface area contributed by atoms with E-state index >= 15 is 0 Å². The third kappa shape index (κ3) is 6.38. The summed E-state index contributed by atoms with van der Waals surface area (Å²) in [5.74, 6) is 3.92. The average molecular weight is 271 g/mol. The second kappa shape index (κ2) is 8.88. The van der Waals surface area contributed by atoms with Gasteiger partial charge in [0.15, 0.2) is 0 Å². The molecule has 0 saturated heterocycles. The van der Waals surface area contributed by atoms with Crippen LogP contribution in [0.15, 0.2) is 24.3 Å². The monoisotopic (exact) mass is 270 g/mol. The Bertz CT molecular complexity index is 312. The highest BCUT2D eigenvalue weighted by Crippen LogP contribution is 2.18. The number of hydrogen-bond acceptors (Lipinski definition) is 1. The molecule has 0 N–H and O–H groups in total. The van der Waals surface area contributed by atoms with E-state index in [0.29, 0.717) is 5.92 Å². The molecule has 0 radical (unpaired) electrons. The summed E-state index contributed by atoms with van der Waals surface area (Å²) in [6.07, 6.45) is 3.67. The van der Waals surface area contributed by atoms with Crippen molar-refractivity contribution in [3.8, 4) is 0 Å². The fourth-order valence-electron chi connectivity index (χ4n) is 2.02. The zero-order valence-corrected chi connectivity index (χ0v) is 12.5. The zero-order chi connectivity index (χ0) is 12.5. The Hall–Kier alpha value is -0.140. The van der Waals surface area contributed by atoms with Crippen molar-refractivity contribution in [3.05, 3.63) is 35.4 Å². The summed E-state index contributed by atoms with van der Waals surface area (Å²) in [7, 11) is 0. The minimum absolute atomic E-state index is 0.635. The summed E-state index contributed by atoms with van der Waals surface area (Å²) in [5, 5.41) is 0. The molecule has 0 nitrogen and oxygen atoms in total. The van der Waals surface area contributed by atoms with Crippen LogP contribution in [0.1, 0.15) is 30.9 Å². The number of thioether (sulfide) groups is 1. The molecule has 0 bridgehead atoms. The molecule has 0 aliphatic rings. The van der Waals surface area contributed by atoms with Gasteiger partial charge in [0, 0.05) is 5.88 Å². The molecular weight excluding hydrogens is 248 g/mol. The van der Waals surface area contributed by atoms with E-state index < -0.39 is 0 Å². The molecule has 1 aromatic rings. The van der Waals surface area contributed by atoms with Gasteiger partial charge in [-0.2, -0.15) is 11.8 Å². The quantitative estimate of drug-likeness (QED) is 0.477. The van der Waals surface area contributed by atoms with Crippen LogP contribution >= 0.6 is 23.4 Å². The van der Waals surface area contributed by atoms with Crippen LogP contribution in [0, 0.1) is 12.8 Å². The molecule has 2 heteroatoms. The maximum absolute atomic E-state index is 6.06. The van der Waals surface area contributed by atoms with Gasteiger partial charge in [-0.1, -0.05) is 36.8 Å². The van der Waals surface area contributed by atoms with Crippen molar-refractivity contribution in [3.63, 3.8) is 0 Å². The lowest BCUT2D eigenvalue weighted by Gasteiger charge is -2.14. The summed E-state index contributed by atoms with van der Waals surface area (Å²) in [5.41, 5.74) is 2.77. The highest BCUT2D eigenvalue weighted by molar-refractivity contribution is 7.99. The summed E-state index contributed by atoms with van der Waals surface area (Å²) in [4.78, 5) is 0. The van der Waals surface area contributed by atoms with Gasteiger partial charge in [0.1, 0.15) is 0 Å². The number of alkyl halides is 1. The summed E-state index contributed by atoms with van der Waals surface area (Å²) < 4.78 is 0. The van der Waals surface area contributed by atoms with Gasteiger partial charge in [-0.25, -0.2) is 0 Å². The van der Waals surface area contributed by atoms with Crippen molar-refractivity contribution < 1.29 is 0 Å². The van der Waals surface area contributed by atoms with Gasteiger partial charge in [-0.05, 0) is 49.2 Å². The van der Waals surface area contributed by atoms with Crippen LogP contribution in [0.2, 0.25) is 0 Å². The lowest BCUT2D eigenvalue weighted by molar-refractivity contribution is 0.530. The van der Waals surface area contributed by atoms with Crippen molar-refractivity contribution in [2.45, 2.75) is 33.1 Å². The Balaban J connectivity index is 2.35. The molecule has 1 atom stereocenters. The first-order valence-electron chi connectivity index (χ1n) is 6.45. The standard InChI is InChI=1S/C15H23ClS/c1-3-17-9-5-8-15(12-16)11-14-7-4-6-13(2)10-14/h4,6-7,10,15H,3,5,8-9,11-12H2,1-2H3. The van der Waals surface area contributed by atoms with Gasteiger partial charge in [0.25, 0.3) is 0 Å². The van der Waals surface area contributed by atoms with Crippen LogP contribution in [0.5, 0.6) is 0 Å². The molecule has 1 unspecified atom stereocenters. The van der Waals surface area contributed by atoms with Gasteiger partial charge in [0.2, 0.25) is 0 Å². The third-order valence-electron chi connectivity index (χ3n) is 2.93. The number of hydrogen-bond donors (Lipinski definition) is 0. The first-order chi connectivity index (χ1) is 8.26. The summed E-state index contributed by atoms with van der Waals surface area (Å²) >= 11 is 8.09. The van der Waals surface area contributed by atoms with Crippen molar-refractivity contribution in [1.82, 2.24) is 0 Å². The highest BCUT2D eigenvalue weighted by atomic mass is 35.5. The molecule has 0 saturated carbocycles. The van der Waals surface area contributed by atoms with Crippen molar-refractivity contribution in [1.29, 1.82) is 0 Å². The fourth-order valence-corrected chi connectivity index (χ4v) is 2.95. The predicted molar refractivity (Wildman–Crippen MR) is 81.3 cm³/mol. The van der Waals surface area contributed by atoms with Crippen LogP contribution in [0.4, 0.5) is 0 Å². The second-order valence-electron chi connectivity index (χ2n) is 4.55. The molecule has 0 fully saturated rings. The van der Waals surface area contributed by atoms with Gasteiger partial charge >= 0.3 is 0 Å². The van der Waals surface area contributed by atoms with E-state index in [2.05, 4.69) is 38.1 Å². The fraction of sp³-hybridized carbons (Fsp3) is 0.600. The molecule has 0 aromatic heterocycles. The van der Waals surface area contributed by atoms with Gasteiger partial charge in [0.05, 0.1) is 0 Å². The molecule has 1 aromatic carbocycles. The molecule has 17 heavy (non-hydrogen) atoms. The Morgan fingerprint density at radius 2 is 2.18 bits per heavy atom. The Labute approximate surface area is 115 Å². The topological polar surface area (TPSA) is 0 Å². The number of halogens is 1. The van der Waals surface area contributed by atoms with Crippen molar-refractivity contribution in [2.24, 2.45) is 5.92 Å². The maximum atomic E-state index is 6.06. The molecule has 96 valence electrons. The maximum Gasteiger partial charge on any atom is 0.0254 e. The van der Waals surface area contributed by atoms with Crippen LogP contribution in [0.3, 0.4) is 0 Å². The first kappa shape index (κ1) is 14.9. The van der Waals surface area contributed by atoms with E-state index in [0.717, 1.165) is 12.3 Å². The molecular formula is C15H23ClS. The summed E-state index contributed by atoms with van der Waals surface area (Å²) in [6.45, 7) is 4.37. The SMILES string of the molecule is CCSCCCC(CCl)Cc1cccc(C)c1. The van der Waals surface area contributed by atoms with E-state index in [-0.39, 0.29) is 0 Å². The Morgan fingerprint density at radius 3 is 2.82 bits per heavy atom. The van der Waals surface area contributed by atoms with Gasteiger partial charge < -0.3 is 0 Å². The van der Waals surface area contributed by atoms with E-state index in [4.69, 9.17) is 11.6 Å². The van der Waals surface area contributed by atoms with E-state index in [9.17, 15) is 0 Å². The zero-order valence-electron chi connectivity index (χ0n) is 10.9. The largest absolute Gasteiger partial charge is 0.162 e. The lowest BCUT2D eigenvalue weighted by Crippen LogP contribution is -2.07. The predicted octanol–water partition coefficient (Wildman–Crippen LogP) is 4.93. The minimum atomic E-state index is 0.635. The van der Waals surface area contributed by atoms with Gasteiger partial charge in [-0.3, -0.25) is 0 Å².